The summed E-state index contributed by atoms with van der Waals surface area (Å²) in [5.41, 5.74) is 5.35. The van der Waals surface area contributed by atoms with Crippen LogP contribution in [0.15, 0.2) is 161 Å². The quantitative estimate of drug-likeness (QED) is 0.0533. The van der Waals surface area contributed by atoms with Gasteiger partial charge in [0.05, 0.1) is 24.2 Å². The van der Waals surface area contributed by atoms with Gasteiger partial charge in [0.1, 0.15) is 0 Å². The molecule has 6 aromatic rings. The van der Waals surface area contributed by atoms with Crippen molar-refractivity contribution in [1.29, 1.82) is 0 Å². The van der Waals surface area contributed by atoms with Crippen LogP contribution in [0.3, 0.4) is 0 Å². The number of fused-ring (bicyclic) bond motifs is 3. The number of thiol groups is 1. The largest absolute Gasteiger partial charge is 0.353 e. The number of anilines is 3. The molecule has 0 saturated carbocycles. The van der Waals surface area contributed by atoms with Crippen molar-refractivity contribution in [2.75, 3.05) is 16.0 Å². The van der Waals surface area contributed by atoms with Crippen LogP contribution in [0.25, 0.3) is 0 Å². The molecular formula is C42H36Cl2N3O8PS3. The zero-order valence-electron chi connectivity index (χ0n) is 30.8. The molecule has 304 valence electrons. The van der Waals surface area contributed by atoms with E-state index in [0.29, 0.717) is 24.1 Å². The molecule has 3 amide bonds. The highest BCUT2D eigenvalue weighted by Crippen LogP contribution is 2.32. The predicted octanol–water partition coefficient (Wildman–Crippen LogP) is 7.23. The van der Waals surface area contributed by atoms with E-state index in [4.69, 9.17) is 23.7 Å². The molecule has 0 unspecified atom stereocenters. The van der Waals surface area contributed by atoms with E-state index in [1.807, 2.05) is 42.5 Å². The second kappa shape index (κ2) is 20.8. The van der Waals surface area contributed by atoms with Crippen LogP contribution in [0.1, 0.15) is 16.7 Å². The van der Waals surface area contributed by atoms with E-state index in [1.54, 1.807) is 0 Å². The summed E-state index contributed by atoms with van der Waals surface area (Å²) in [6, 6.07) is 50.0. The Labute approximate surface area is 358 Å². The molecule has 17 heteroatoms. The highest BCUT2D eigenvalue weighted by Gasteiger charge is 2.21. The monoisotopic (exact) mass is 907 g/mol. The third-order valence-electron chi connectivity index (χ3n) is 8.38. The van der Waals surface area contributed by atoms with Crippen molar-refractivity contribution >= 4 is 111 Å². The third kappa shape index (κ3) is 14.3. The first-order valence-corrected chi connectivity index (χ1v) is 23.9. The van der Waals surface area contributed by atoms with Crippen LogP contribution in [0.5, 0.6) is 0 Å². The van der Waals surface area contributed by atoms with Gasteiger partial charge in [0.25, 0.3) is 9.05 Å². The Morgan fingerprint density at radius 1 is 0.492 bits per heavy atom. The highest BCUT2D eigenvalue weighted by molar-refractivity contribution is 8.13. The lowest BCUT2D eigenvalue weighted by atomic mass is 10.2. The summed E-state index contributed by atoms with van der Waals surface area (Å²) < 4.78 is 47.1. The smallest absolute Gasteiger partial charge is 0.326 e. The maximum absolute atomic E-state index is 11.0. The Morgan fingerprint density at radius 3 is 1.27 bits per heavy atom. The minimum atomic E-state index is -4.19. The van der Waals surface area contributed by atoms with Gasteiger partial charge in [-0.05, 0) is 83.0 Å². The van der Waals surface area contributed by atoms with E-state index in [9.17, 15) is 22.8 Å². The number of hydrogen-bond donors (Lipinski definition) is 5. The summed E-state index contributed by atoms with van der Waals surface area (Å²) in [7, 11) is 0.872. The SMILES string of the molecule is O=C1Cc2cc(S(=O)(=O)Cl)ccc2N1.O=C1Cc2cc(S)ccc2N1.O=C1Cc2ccccc2N1.O=S(=O)(O)Cl.c1ccc(P(c2ccccc2)c2ccccc2)cc1. The van der Waals surface area contributed by atoms with E-state index >= 15 is 0 Å². The fourth-order valence-corrected chi connectivity index (χ4v) is 9.25. The summed E-state index contributed by atoms with van der Waals surface area (Å²) >= 11 is 4.17. The molecule has 0 atom stereocenters. The second-order valence-corrected chi connectivity index (χ2v) is 20.0. The Balaban J connectivity index is 0.000000148. The van der Waals surface area contributed by atoms with Crippen LogP contribution in [-0.2, 0) is 52.0 Å². The van der Waals surface area contributed by atoms with Crippen molar-refractivity contribution in [2.45, 2.75) is 29.1 Å². The minimum absolute atomic E-state index is 0.0226. The lowest BCUT2D eigenvalue weighted by molar-refractivity contribution is -0.115. The number of hydrogen-bond acceptors (Lipinski definition) is 8. The van der Waals surface area contributed by atoms with Crippen molar-refractivity contribution in [3.63, 3.8) is 0 Å². The molecule has 0 aromatic heterocycles. The summed E-state index contributed by atoms with van der Waals surface area (Å²) in [4.78, 5) is 33.6. The van der Waals surface area contributed by atoms with Gasteiger partial charge in [0.15, 0.2) is 0 Å². The molecule has 0 radical (unpaired) electrons. The number of halogens is 2. The van der Waals surface area contributed by atoms with Crippen LogP contribution in [0.4, 0.5) is 17.1 Å². The Bertz CT molecular complexity index is 2530. The van der Waals surface area contributed by atoms with Gasteiger partial charge in [-0.1, -0.05) is 109 Å². The second-order valence-electron chi connectivity index (χ2n) is 12.7. The zero-order chi connectivity index (χ0) is 42.6. The summed E-state index contributed by atoms with van der Waals surface area (Å²) in [6.45, 7) is 0. The number of benzene rings is 6. The number of carbonyl (C=O) groups is 3. The van der Waals surface area contributed by atoms with E-state index < -0.39 is 26.3 Å². The number of amides is 3. The van der Waals surface area contributed by atoms with Gasteiger partial charge in [-0.15, -0.1) is 12.6 Å². The van der Waals surface area contributed by atoms with Gasteiger partial charge in [-0.2, -0.15) is 8.42 Å². The van der Waals surface area contributed by atoms with Gasteiger partial charge >= 0.3 is 9.33 Å². The molecule has 6 aromatic carbocycles. The summed E-state index contributed by atoms with van der Waals surface area (Å²) in [6.07, 6.45) is 1.23. The number of para-hydroxylation sites is 1. The van der Waals surface area contributed by atoms with Gasteiger partial charge in [-0.3, -0.25) is 18.9 Å². The molecule has 0 saturated heterocycles. The van der Waals surface area contributed by atoms with E-state index in [0.717, 1.165) is 27.4 Å². The molecular weight excluding hydrogens is 873 g/mol. The topological polar surface area (TPSA) is 176 Å². The number of rotatable bonds is 4. The fourth-order valence-electron chi connectivity index (χ4n) is 5.92. The van der Waals surface area contributed by atoms with Gasteiger partial charge in [0, 0.05) is 43.3 Å². The van der Waals surface area contributed by atoms with Crippen molar-refractivity contribution in [2.24, 2.45) is 0 Å². The van der Waals surface area contributed by atoms with Gasteiger partial charge in [-0.25, -0.2) is 8.42 Å². The normalized spacial score (nSPS) is 13.1. The van der Waals surface area contributed by atoms with E-state index in [-0.39, 0.29) is 29.0 Å². The molecule has 0 fully saturated rings. The Kier molecular flexibility index (Phi) is 15.9. The lowest BCUT2D eigenvalue weighted by Crippen LogP contribution is -2.20. The molecule has 3 heterocycles. The average Bonchev–Trinajstić information content (AvgIpc) is 3.89. The molecule has 4 N–H and O–H groups in total. The van der Waals surface area contributed by atoms with Gasteiger partial charge in [0.2, 0.25) is 17.7 Å². The molecule has 0 spiro atoms. The predicted molar refractivity (Wildman–Crippen MR) is 239 cm³/mol. The van der Waals surface area contributed by atoms with Crippen LogP contribution < -0.4 is 31.9 Å². The first-order chi connectivity index (χ1) is 28.0. The van der Waals surface area contributed by atoms with E-state index in [2.05, 4.69) is 130 Å². The zero-order valence-corrected chi connectivity index (χ0v) is 35.8. The standard InChI is InChI=1S/C18H15P.C8H6ClNO3S.C8H7NOS.C8H7NO.ClHO3S/c1-4-10-16(11-5-1)19(17-12-6-2-7-13-17)18-14-8-3-9-15-18;9-14(12,13)6-1-2-7-5(3-6)4-8(11)10-7;10-8-4-5-3-6(11)1-2-7(5)9-8;10-8-5-6-3-1-2-4-7(6)9-8;1-5(2,3)4/h1-15H;1-3H,4H2,(H,10,11);1-3,11H,4H2,(H,9,10);1-4H,5H2,(H,9,10);(H,2,3,4). The molecule has 0 aliphatic carbocycles. The molecule has 3 aliphatic rings. The van der Waals surface area contributed by atoms with Crippen molar-refractivity contribution in [3.8, 4) is 0 Å². The fraction of sp³-hybridized carbons (Fsp3) is 0.0714. The number of carbonyl (C=O) groups excluding carboxylic acids is 3. The Morgan fingerprint density at radius 2 is 0.847 bits per heavy atom. The van der Waals surface area contributed by atoms with Crippen LogP contribution in [0, 0.1) is 0 Å². The molecule has 3 aliphatic heterocycles. The van der Waals surface area contributed by atoms with Crippen LogP contribution in [-0.4, -0.2) is 39.1 Å². The summed E-state index contributed by atoms with van der Waals surface area (Å²) in [5.74, 6) is 0.0317. The minimum Gasteiger partial charge on any atom is -0.326 e. The van der Waals surface area contributed by atoms with E-state index in [1.165, 1.54) is 34.1 Å². The van der Waals surface area contributed by atoms with Crippen molar-refractivity contribution in [1.82, 2.24) is 0 Å². The first kappa shape index (κ1) is 45.0. The van der Waals surface area contributed by atoms with Crippen LogP contribution in [0.2, 0.25) is 0 Å². The third-order valence-corrected chi connectivity index (χ3v) is 12.5. The molecule has 11 nitrogen and oxygen atoms in total. The lowest BCUT2D eigenvalue weighted by Gasteiger charge is -2.18. The van der Waals surface area contributed by atoms with Crippen LogP contribution >= 0.6 is 41.9 Å². The van der Waals surface area contributed by atoms with Crippen molar-refractivity contribution in [3.05, 3.63) is 168 Å². The first-order valence-electron chi connectivity index (χ1n) is 17.5. The Hall–Kier alpha value is -5.05. The highest BCUT2D eigenvalue weighted by atomic mass is 35.7. The molecule has 0 bridgehead atoms. The molecule has 9 rings (SSSR count). The van der Waals surface area contributed by atoms with Crippen molar-refractivity contribution < 1.29 is 35.8 Å². The van der Waals surface area contributed by atoms with Gasteiger partial charge < -0.3 is 16.0 Å². The summed E-state index contributed by atoms with van der Waals surface area (Å²) in [5, 5.41) is 12.3. The number of nitrogens with one attached hydrogen (secondary N) is 3. The average molecular weight is 909 g/mol. The maximum Gasteiger partial charge on any atom is 0.353 e. The maximum atomic E-state index is 11.0. The molecule has 59 heavy (non-hydrogen) atoms.